The van der Waals surface area contributed by atoms with E-state index >= 15 is 0 Å². The van der Waals surface area contributed by atoms with Crippen LogP contribution in [0.3, 0.4) is 0 Å². The number of phenols is 1. The van der Waals surface area contributed by atoms with Gasteiger partial charge in [-0.25, -0.2) is 0 Å². The minimum absolute atomic E-state index is 0.0134. The number of benzene rings is 1. The minimum Gasteiger partial charge on any atom is -0.508 e. The van der Waals surface area contributed by atoms with Crippen molar-refractivity contribution in [3.05, 3.63) is 33.9 Å². The zero-order chi connectivity index (χ0) is 14.9. The molecule has 1 saturated heterocycles. The van der Waals surface area contributed by atoms with Crippen LogP contribution in [0.4, 0.5) is 5.69 Å². The number of nitrogens with zero attached hydrogens (tertiary/aromatic N) is 2. The van der Waals surface area contributed by atoms with Crippen molar-refractivity contribution in [1.82, 2.24) is 4.90 Å². The Labute approximate surface area is 117 Å². The lowest BCUT2D eigenvalue weighted by Gasteiger charge is -2.38. The molecule has 0 atom stereocenters. The number of amides is 1. The number of carbonyl (C=O) groups is 1. The summed E-state index contributed by atoms with van der Waals surface area (Å²) in [7, 11) is 0. The molecule has 0 spiro atoms. The Morgan fingerprint density at radius 1 is 1.45 bits per heavy atom. The fraction of sp³-hybridized carbons (Fsp3) is 0.500. The van der Waals surface area contributed by atoms with Crippen molar-refractivity contribution in [2.45, 2.75) is 26.7 Å². The highest BCUT2D eigenvalue weighted by atomic mass is 16.6. The van der Waals surface area contributed by atoms with Crippen LogP contribution >= 0.6 is 0 Å². The molecule has 1 fully saturated rings. The summed E-state index contributed by atoms with van der Waals surface area (Å²) in [5, 5.41) is 20.5. The van der Waals surface area contributed by atoms with E-state index in [1.54, 1.807) is 4.90 Å². The molecule has 20 heavy (non-hydrogen) atoms. The second kappa shape index (κ2) is 5.11. The lowest BCUT2D eigenvalue weighted by Crippen LogP contribution is -2.43. The molecule has 1 aromatic rings. The van der Waals surface area contributed by atoms with Crippen molar-refractivity contribution in [2.75, 3.05) is 13.1 Å². The molecular formula is C14H18N2O4. The van der Waals surface area contributed by atoms with Gasteiger partial charge in [0.15, 0.2) is 0 Å². The molecule has 6 heteroatoms. The van der Waals surface area contributed by atoms with E-state index in [1.807, 2.05) is 0 Å². The second-order valence-electron chi connectivity index (χ2n) is 5.95. The first-order valence-electron chi connectivity index (χ1n) is 6.57. The van der Waals surface area contributed by atoms with Crippen LogP contribution in [0.25, 0.3) is 0 Å². The predicted molar refractivity (Wildman–Crippen MR) is 73.7 cm³/mol. The van der Waals surface area contributed by atoms with Crippen LogP contribution in [-0.2, 0) is 0 Å². The summed E-state index contributed by atoms with van der Waals surface area (Å²) < 4.78 is 0. The number of hydrogen-bond donors (Lipinski definition) is 1. The van der Waals surface area contributed by atoms with Crippen molar-refractivity contribution in [1.29, 1.82) is 0 Å². The highest BCUT2D eigenvalue weighted by Gasteiger charge is 2.32. The second-order valence-corrected chi connectivity index (χ2v) is 5.95. The molecule has 0 aliphatic carbocycles. The van der Waals surface area contributed by atoms with Gasteiger partial charge in [-0.15, -0.1) is 0 Å². The van der Waals surface area contributed by atoms with Crippen LogP contribution in [0.1, 0.15) is 37.0 Å². The zero-order valence-electron chi connectivity index (χ0n) is 11.6. The molecule has 0 bridgehead atoms. The van der Waals surface area contributed by atoms with Gasteiger partial charge in [-0.05, 0) is 30.4 Å². The van der Waals surface area contributed by atoms with Gasteiger partial charge in [-0.3, -0.25) is 14.9 Å². The summed E-state index contributed by atoms with van der Waals surface area (Å²) in [6.07, 6.45) is 1.91. The van der Waals surface area contributed by atoms with Gasteiger partial charge in [0, 0.05) is 19.2 Å². The van der Waals surface area contributed by atoms with E-state index < -0.39 is 4.92 Å². The third-order valence-corrected chi connectivity index (χ3v) is 3.59. The van der Waals surface area contributed by atoms with E-state index in [0.29, 0.717) is 13.1 Å². The average Bonchev–Trinajstić information content (AvgIpc) is 2.36. The summed E-state index contributed by atoms with van der Waals surface area (Å²) in [5.41, 5.74) is -0.302. The Morgan fingerprint density at radius 3 is 2.75 bits per heavy atom. The summed E-state index contributed by atoms with van der Waals surface area (Å²) in [4.78, 5) is 24.5. The number of rotatable bonds is 2. The van der Waals surface area contributed by atoms with Crippen LogP contribution in [-0.4, -0.2) is 33.9 Å². The van der Waals surface area contributed by atoms with E-state index in [2.05, 4.69) is 13.8 Å². The van der Waals surface area contributed by atoms with Gasteiger partial charge >= 0.3 is 0 Å². The summed E-state index contributed by atoms with van der Waals surface area (Å²) in [6, 6.07) is 3.55. The number of hydrogen-bond acceptors (Lipinski definition) is 4. The molecule has 0 radical (unpaired) electrons. The van der Waals surface area contributed by atoms with E-state index in [1.165, 1.54) is 12.1 Å². The first kappa shape index (κ1) is 14.3. The third-order valence-electron chi connectivity index (χ3n) is 3.59. The molecule has 1 aromatic carbocycles. The monoisotopic (exact) mass is 278 g/mol. The van der Waals surface area contributed by atoms with Gasteiger partial charge in [-0.2, -0.15) is 0 Å². The normalized spacial score (nSPS) is 17.8. The highest BCUT2D eigenvalue weighted by Crippen LogP contribution is 2.31. The smallest absolute Gasteiger partial charge is 0.282 e. The summed E-state index contributed by atoms with van der Waals surface area (Å²) in [5.74, 6) is -0.532. The Bertz CT molecular complexity index is 554. The quantitative estimate of drug-likeness (QED) is 0.665. The fourth-order valence-electron chi connectivity index (χ4n) is 2.62. The molecule has 0 saturated carbocycles. The van der Waals surface area contributed by atoms with Gasteiger partial charge in [0.2, 0.25) is 0 Å². The molecule has 1 heterocycles. The van der Waals surface area contributed by atoms with Crippen molar-refractivity contribution in [3.8, 4) is 5.75 Å². The molecule has 2 rings (SSSR count). The number of carbonyl (C=O) groups excluding carboxylic acids is 1. The number of nitro benzene ring substituents is 1. The maximum Gasteiger partial charge on any atom is 0.282 e. The molecule has 1 aliphatic heterocycles. The van der Waals surface area contributed by atoms with Crippen molar-refractivity contribution in [3.63, 3.8) is 0 Å². The van der Waals surface area contributed by atoms with Crippen LogP contribution in [0, 0.1) is 15.5 Å². The minimum atomic E-state index is -0.595. The first-order valence-corrected chi connectivity index (χ1v) is 6.57. The first-order chi connectivity index (χ1) is 9.30. The number of nitro groups is 1. The summed E-state index contributed by atoms with van der Waals surface area (Å²) in [6.45, 7) is 5.31. The van der Waals surface area contributed by atoms with Gasteiger partial charge in [0.1, 0.15) is 11.3 Å². The number of phenolic OH excluding ortho intramolecular Hbond substituents is 1. The van der Waals surface area contributed by atoms with Crippen LogP contribution < -0.4 is 0 Å². The molecule has 1 N–H and O–H groups in total. The van der Waals surface area contributed by atoms with E-state index in [9.17, 15) is 20.0 Å². The molecule has 0 aromatic heterocycles. The Kier molecular flexibility index (Phi) is 3.65. The van der Waals surface area contributed by atoms with Crippen molar-refractivity contribution < 1.29 is 14.8 Å². The van der Waals surface area contributed by atoms with Crippen molar-refractivity contribution >= 4 is 11.6 Å². The van der Waals surface area contributed by atoms with Gasteiger partial charge in [0.25, 0.3) is 11.6 Å². The average molecular weight is 278 g/mol. The molecule has 0 unspecified atom stereocenters. The van der Waals surface area contributed by atoms with Gasteiger partial charge in [-0.1, -0.05) is 13.8 Å². The maximum absolute atomic E-state index is 12.5. The lowest BCUT2D eigenvalue weighted by molar-refractivity contribution is -0.385. The van der Waals surface area contributed by atoms with Crippen LogP contribution in [0.2, 0.25) is 0 Å². The molecular weight excluding hydrogens is 260 g/mol. The Balaban J connectivity index is 2.33. The topological polar surface area (TPSA) is 83.7 Å². The van der Waals surface area contributed by atoms with Crippen molar-refractivity contribution in [2.24, 2.45) is 5.41 Å². The fourth-order valence-corrected chi connectivity index (χ4v) is 2.62. The number of piperidine rings is 1. The molecule has 6 nitrogen and oxygen atoms in total. The Hall–Kier alpha value is -2.11. The van der Waals surface area contributed by atoms with E-state index in [4.69, 9.17) is 0 Å². The van der Waals surface area contributed by atoms with E-state index in [0.717, 1.165) is 18.9 Å². The third kappa shape index (κ3) is 2.89. The lowest BCUT2D eigenvalue weighted by atomic mass is 9.84. The number of aromatic hydroxyl groups is 1. The van der Waals surface area contributed by atoms with Gasteiger partial charge < -0.3 is 10.0 Å². The SMILES string of the molecule is CC1(C)CCCN(C(=O)c2cc(O)ccc2[N+](=O)[O-])C1. The van der Waals surface area contributed by atoms with E-state index in [-0.39, 0.29) is 28.3 Å². The standard InChI is InChI=1S/C14H18N2O4/c1-14(2)6-3-7-15(9-14)13(18)11-8-10(17)4-5-12(11)16(19)20/h4-5,8,17H,3,6-7,9H2,1-2H3. The Morgan fingerprint density at radius 2 is 2.15 bits per heavy atom. The van der Waals surface area contributed by atoms with Crippen LogP contribution in [0.15, 0.2) is 18.2 Å². The highest BCUT2D eigenvalue weighted by molar-refractivity contribution is 5.98. The largest absolute Gasteiger partial charge is 0.508 e. The molecule has 1 aliphatic rings. The summed E-state index contributed by atoms with van der Waals surface area (Å²) >= 11 is 0. The molecule has 108 valence electrons. The van der Waals surface area contributed by atoms with Gasteiger partial charge in [0.05, 0.1) is 4.92 Å². The number of likely N-dealkylation sites (tertiary alicyclic amines) is 1. The van der Waals surface area contributed by atoms with Crippen LogP contribution in [0.5, 0.6) is 5.75 Å². The molecule has 1 amide bonds. The predicted octanol–water partition coefficient (Wildman–Crippen LogP) is 2.56. The zero-order valence-corrected chi connectivity index (χ0v) is 11.6. The maximum atomic E-state index is 12.5.